The minimum Gasteiger partial charge on any atom is -0.367 e. The zero-order chi connectivity index (χ0) is 18.5. The minimum absolute atomic E-state index is 0. The van der Waals surface area contributed by atoms with Crippen LogP contribution in [0.4, 0.5) is 4.39 Å². The largest absolute Gasteiger partial charge is 0.367 e. The lowest BCUT2D eigenvalue weighted by Crippen LogP contribution is -2.51. The van der Waals surface area contributed by atoms with Crippen LogP contribution >= 0.6 is 24.0 Å². The van der Waals surface area contributed by atoms with Crippen LogP contribution in [0.15, 0.2) is 33.8 Å². The number of ether oxygens (including phenoxy) is 1. The van der Waals surface area contributed by atoms with Crippen LogP contribution in [0, 0.1) is 12.7 Å². The molecule has 2 unspecified atom stereocenters. The first kappa shape index (κ1) is 21.5. The Balaban J connectivity index is 0.00000261. The number of nitrogens with one attached hydrogen (secondary N) is 1. The van der Waals surface area contributed by atoms with Crippen LogP contribution in [0.3, 0.4) is 0 Å². The molecule has 0 aliphatic carbocycles. The van der Waals surface area contributed by atoms with E-state index in [4.69, 9.17) is 9.26 Å². The first-order valence-corrected chi connectivity index (χ1v) is 8.71. The number of aromatic nitrogens is 2. The average Bonchev–Trinajstić information content (AvgIpc) is 3.04. The molecular formula is C18H25FIN5O2. The van der Waals surface area contributed by atoms with Crippen molar-refractivity contribution in [3.05, 3.63) is 47.4 Å². The summed E-state index contributed by atoms with van der Waals surface area (Å²) in [5.41, 5.74) is 0.958. The highest BCUT2D eigenvalue weighted by Gasteiger charge is 2.28. The number of guanidine groups is 1. The summed E-state index contributed by atoms with van der Waals surface area (Å²) in [6.07, 6.45) is 0.536. The highest BCUT2D eigenvalue weighted by molar-refractivity contribution is 14.0. The summed E-state index contributed by atoms with van der Waals surface area (Å²) in [6.45, 7) is 5.84. The monoisotopic (exact) mass is 489 g/mol. The fraction of sp³-hybridized carbons (Fsp3) is 0.500. The summed E-state index contributed by atoms with van der Waals surface area (Å²) in [5, 5.41) is 7.12. The number of benzene rings is 1. The maximum absolute atomic E-state index is 13.2. The van der Waals surface area contributed by atoms with Gasteiger partial charge in [-0.3, -0.25) is 4.99 Å². The third kappa shape index (κ3) is 5.86. The quantitative estimate of drug-likeness (QED) is 0.405. The van der Waals surface area contributed by atoms with E-state index in [1.165, 1.54) is 12.1 Å². The third-order valence-electron chi connectivity index (χ3n) is 4.21. The molecule has 0 amide bonds. The summed E-state index contributed by atoms with van der Waals surface area (Å²) < 4.78 is 24.3. The van der Waals surface area contributed by atoms with Crippen molar-refractivity contribution in [2.75, 3.05) is 26.7 Å². The van der Waals surface area contributed by atoms with Crippen molar-refractivity contribution in [3.63, 3.8) is 0 Å². The molecule has 2 heterocycles. The van der Waals surface area contributed by atoms with Crippen LogP contribution in [0.5, 0.6) is 0 Å². The number of morpholine rings is 1. The van der Waals surface area contributed by atoms with Crippen molar-refractivity contribution in [3.8, 4) is 0 Å². The van der Waals surface area contributed by atoms with Crippen molar-refractivity contribution in [1.29, 1.82) is 0 Å². The Morgan fingerprint density at radius 1 is 1.33 bits per heavy atom. The molecule has 27 heavy (non-hydrogen) atoms. The van der Waals surface area contributed by atoms with Gasteiger partial charge in [-0.15, -0.1) is 24.0 Å². The third-order valence-corrected chi connectivity index (χ3v) is 4.21. The molecule has 148 valence electrons. The van der Waals surface area contributed by atoms with E-state index < -0.39 is 0 Å². The van der Waals surface area contributed by atoms with Crippen molar-refractivity contribution < 1.29 is 13.7 Å². The van der Waals surface area contributed by atoms with Gasteiger partial charge in [0.1, 0.15) is 11.9 Å². The van der Waals surface area contributed by atoms with Crippen LogP contribution in [0.2, 0.25) is 0 Å². The molecule has 3 rings (SSSR count). The second-order valence-electron chi connectivity index (χ2n) is 6.35. The van der Waals surface area contributed by atoms with Gasteiger partial charge in [0.25, 0.3) is 0 Å². The van der Waals surface area contributed by atoms with Gasteiger partial charge in [0, 0.05) is 26.6 Å². The van der Waals surface area contributed by atoms with Gasteiger partial charge in [0.2, 0.25) is 5.89 Å². The van der Waals surface area contributed by atoms with Crippen LogP contribution in [-0.2, 0) is 11.2 Å². The zero-order valence-corrected chi connectivity index (χ0v) is 18.0. The molecule has 1 aliphatic rings. The number of hydrogen-bond acceptors (Lipinski definition) is 5. The SMILES string of the molecule is CN=C(NCCc1nc(C)no1)N1CC(C)OC(c2ccc(F)cc2)C1.I. The van der Waals surface area contributed by atoms with Gasteiger partial charge in [0.05, 0.1) is 12.6 Å². The Morgan fingerprint density at radius 3 is 2.70 bits per heavy atom. The van der Waals surface area contributed by atoms with Gasteiger partial charge >= 0.3 is 0 Å². The predicted octanol–water partition coefficient (Wildman–Crippen LogP) is 2.72. The highest BCUT2D eigenvalue weighted by atomic mass is 127. The average molecular weight is 489 g/mol. The topological polar surface area (TPSA) is 75.8 Å². The molecule has 1 saturated heterocycles. The molecule has 2 aromatic rings. The Labute approximate surface area is 175 Å². The van der Waals surface area contributed by atoms with Crippen molar-refractivity contribution in [2.45, 2.75) is 32.5 Å². The summed E-state index contributed by atoms with van der Waals surface area (Å²) in [7, 11) is 1.76. The molecule has 9 heteroatoms. The van der Waals surface area contributed by atoms with Gasteiger partial charge in [-0.05, 0) is 31.5 Å². The van der Waals surface area contributed by atoms with Crippen LogP contribution < -0.4 is 5.32 Å². The summed E-state index contributed by atoms with van der Waals surface area (Å²) >= 11 is 0. The van der Waals surface area contributed by atoms with Crippen molar-refractivity contribution >= 4 is 29.9 Å². The number of halogens is 2. The number of rotatable bonds is 4. The van der Waals surface area contributed by atoms with Crippen LogP contribution in [0.1, 0.15) is 30.3 Å². The number of nitrogens with zero attached hydrogens (tertiary/aromatic N) is 4. The van der Waals surface area contributed by atoms with Gasteiger partial charge in [-0.1, -0.05) is 17.3 Å². The fourth-order valence-electron chi connectivity index (χ4n) is 3.04. The smallest absolute Gasteiger partial charge is 0.228 e. The first-order chi connectivity index (χ1) is 12.5. The fourth-order valence-corrected chi connectivity index (χ4v) is 3.04. The van der Waals surface area contributed by atoms with E-state index in [0.717, 1.165) is 18.1 Å². The summed E-state index contributed by atoms with van der Waals surface area (Å²) in [4.78, 5) is 10.7. The Hall–Kier alpha value is -1.75. The molecule has 1 N–H and O–H groups in total. The van der Waals surface area contributed by atoms with Crippen molar-refractivity contribution in [2.24, 2.45) is 4.99 Å². The first-order valence-electron chi connectivity index (χ1n) is 8.71. The lowest BCUT2D eigenvalue weighted by Gasteiger charge is -2.38. The number of aryl methyl sites for hydroxylation is 1. The Kier molecular flexibility index (Phi) is 7.96. The van der Waals surface area contributed by atoms with Gasteiger partial charge in [-0.25, -0.2) is 4.39 Å². The van der Waals surface area contributed by atoms with Gasteiger partial charge in [-0.2, -0.15) is 4.98 Å². The van der Waals surface area contributed by atoms with Crippen molar-refractivity contribution in [1.82, 2.24) is 20.4 Å². The standard InChI is InChI=1S/C18H24FN5O2.HI/c1-12-10-24(11-16(25-12)14-4-6-15(19)7-5-14)18(20-3)21-9-8-17-22-13(2)23-26-17;/h4-7,12,16H,8-11H2,1-3H3,(H,20,21);1H. The Bertz CT molecular complexity index is 752. The minimum atomic E-state index is -0.247. The summed E-state index contributed by atoms with van der Waals surface area (Å²) in [6, 6.07) is 6.46. The number of hydrogen-bond donors (Lipinski definition) is 1. The second-order valence-corrected chi connectivity index (χ2v) is 6.35. The van der Waals surface area contributed by atoms with Gasteiger partial charge in [0.15, 0.2) is 11.8 Å². The lowest BCUT2D eigenvalue weighted by molar-refractivity contribution is -0.0605. The van der Waals surface area contributed by atoms with Gasteiger partial charge < -0.3 is 19.5 Å². The van der Waals surface area contributed by atoms with E-state index in [2.05, 4.69) is 25.3 Å². The normalized spacial score (nSPS) is 20.3. The van der Waals surface area contributed by atoms with Crippen LogP contribution in [-0.4, -0.2) is 53.8 Å². The highest BCUT2D eigenvalue weighted by Crippen LogP contribution is 2.25. The molecule has 2 atom stereocenters. The van der Waals surface area contributed by atoms with E-state index in [0.29, 0.717) is 31.2 Å². The molecule has 0 saturated carbocycles. The maximum Gasteiger partial charge on any atom is 0.228 e. The molecule has 1 fully saturated rings. The maximum atomic E-state index is 13.2. The molecule has 0 radical (unpaired) electrons. The van der Waals surface area contributed by atoms with E-state index in [1.807, 2.05) is 6.92 Å². The molecule has 1 aromatic heterocycles. The Morgan fingerprint density at radius 2 is 2.07 bits per heavy atom. The number of aliphatic imine (C=N–C) groups is 1. The van der Waals surface area contributed by atoms with E-state index in [9.17, 15) is 4.39 Å². The molecule has 7 nitrogen and oxygen atoms in total. The molecule has 0 spiro atoms. The molecule has 1 aromatic carbocycles. The molecule has 0 bridgehead atoms. The molecule has 1 aliphatic heterocycles. The second kappa shape index (κ2) is 9.98. The summed E-state index contributed by atoms with van der Waals surface area (Å²) in [5.74, 6) is 1.78. The predicted molar refractivity (Wildman–Crippen MR) is 111 cm³/mol. The van der Waals surface area contributed by atoms with Crippen LogP contribution in [0.25, 0.3) is 0 Å². The van der Waals surface area contributed by atoms with E-state index in [-0.39, 0.29) is 42.0 Å². The van der Waals surface area contributed by atoms with E-state index >= 15 is 0 Å². The zero-order valence-electron chi connectivity index (χ0n) is 15.7. The lowest BCUT2D eigenvalue weighted by atomic mass is 10.1. The molecular weight excluding hydrogens is 464 g/mol. The van der Waals surface area contributed by atoms with E-state index in [1.54, 1.807) is 26.1 Å².